The number of rotatable bonds is 5. The van der Waals surface area contributed by atoms with E-state index in [-0.39, 0.29) is 11.8 Å². The molecule has 1 fully saturated rings. The van der Waals surface area contributed by atoms with E-state index >= 15 is 0 Å². The van der Waals surface area contributed by atoms with Gasteiger partial charge in [0.1, 0.15) is 0 Å². The molecule has 21 heavy (non-hydrogen) atoms. The minimum Gasteiger partial charge on any atom is -0.377 e. The molecule has 1 unspecified atom stereocenters. The number of hydrogen-bond acceptors (Lipinski definition) is 3. The molecule has 2 rings (SSSR count). The molecule has 1 aromatic rings. The summed E-state index contributed by atoms with van der Waals surface area (Å²) in [5, 5.41) is 5.03. The Morgan fingerprint density at radius 1 is 1.38 bits per heavy atom. The second-order valence-electron chi connectivity index (χ2n) is 4.92. The van der Waals surface area contributed by atoms with E-state index in [9.17, 15) is 18.0 Å². The standard InChI is InChI=1S/C14H17F3N2O2/c15-14(16,17)13(20)19-11-4-1-3-10(7-11)8-18-9-12-5-2-6-21-12/h1,3-4,7,12,18H,2,5-6,8-9H2,(H,19,20). The molecule has 0 aliphatic carbocycles. The van der Waals surface area contributed by atoms with E-state index < -0.39 is 12.1 Å². The second kappa shape index (κ2) is 6.91. The lowest BCUT2D eigenvalue weighted by Crippen LogP contribution is -2.30. The average molecular weight is 302 g/mol. The van der Waals surface area contributed by atoms with Gasteiger partial charge in [-0.1, -0.05) is 12.1 Å². The van der Waals surface area contributed by atoms with Crippen molar-refractivity contribution in [2.24, 2.45) is 0 Å². The third-order valence-corrected chi connectivity index (χ3v) is 3.17. The van der Waals surface area contributed by atoms with Crippen LogP contribution in [-0.2, 0) is 16.1 Å². The molecule has 0 saturated carbocycles. The summed E-state index contributed by atoms with van der Waals surface area (Å²) >= 11 is 0. The van der Waals surface area contributed by atoms with Crippen LogP contribution in [0.1, 0.15) is 18.4 Å². The quantitative estimate of drug-likeness (QED) is 0.878. The number of hydrogen-bond donors (Lipinski definition) is 2. The summed E-state index contributed by atoms with van der Waals surface area (Å²) in [5.74, 6) is -1.97. The number of anilines is 1. The van der Waals surface area contributed by atoms with E-state index in [2.05, 4.69) is 5.32 Å². The maximum Gasteiger partial charge on any atom is 0.471 e. The maximum absolute atomic E-state index is 12.2. The first-order valence-corrected chi connectivity index (χ1v) is 6.74. The summed E-state index contributed by atoms with van der Waals surface area (Å²) < 4.78 is 42.0. The van der Waals surface area contributed by atoms with E-state index in [1.807, 2.05) is 5.32 Å². The Kier molecular flexibility index (Phi) is 5.19. The highest BCUT2D eigenvalue weighted by molar-refractivity contribution is 5.94. The lowest BCUT2D eigenvalue weighted by Gasteiger charge is -2.12. The van der Waals surface area contributed by atoms with Gasteiger partial charge in [-0.2, -0.15) is 13.2 Å². The largest absolute Gasteiger partial charge is 0.471 e. The lowest BCUT2D eigenvalue weighted by molar-refractivity contribution is -0.167. The van der Waals surface area contributed by atoms with Gasteiger partial charge in [-0.15, -0.1) is 0 Å². The monoisotopic (exact) mass is 302 g/mol. The van der Waals surface area contributed by atoms with Crippen molar-refractivity contribution >= 4 is 11.6 Å². The SMILES string of the molecule is O=C(Nc1cccc(CNCC2CCCO2)c1)C(F)(F)F. The molecule has 1 aliphatic rings. The highest BCUT2D eigenvalue weighted by Crippen LogP contribution is 2.19. The predicted octanol–water partition coefficient (Wildman–Crippen LogP) is 2.46. The minimum atomic E-state index is -4.88. The van der Waals surface area contributed by atoms with Gasteiger partial charge in [0.25, 0.3) is 0 Å². The highest BCUT2D eigenvalue weighted by atomic mass is 19.4. The third kappa shape index (κ3) is 5.02. The number of halogens is 3. The number of amides is 1. The highest BCUT2D eigenvalue weighted by Gasteiger charge is 2.38. The van der Waals surface area contributed by atoms with Crippen LogP contribution in [0.25, 0.3) is 0 Å². The number of nitrogens with one attached hydrogen (secondary N) is 2. The first-order chi connectivity index (χ1) is 9.95. The molecule has 0 aromatic heterocycles. The Hall–Kier alpha value is -1.60. The van der Waals surface area contributed by atoms with Crippen LogP contribution in [0, 0.1) is 0 Å². The normalized spacial score (nSPS) is 18.7. The molecule has 1 saturated heterocycles. The fourth-order valence-electron chi connectivity index (χ4n) is 2.14. The Balaban J connectivity index is 1.84. The average Bonchev–Trinajstić information content (AvgIpc) is 2.91. The van der Waals surface area contributed by atoms with Crippen molar-refractivity contribution in [1.29, 1.82) is 0 Å². The third-order valence-electron chi connectivity index (χ3n) is 3.17. The van der Waals surface area contributed by atoms with Gasteiger partial charge in [0.05, 0.1) is 6.10 Å². The van der Waals surface area contributed by atoms with Crippen LogP contribution in [0.5, 0.6) is 0 Å². The molecule has 1 amide bonds. The number of benzene rings is 1. The first-order valence-electron chi connectivity index (χ1n) is 6.74. The number of carbonyl (C=O) groups excluding carboxylic acids is 1. The van der Waals surface area contributed by atoms with Crippen molar-refractivity contribution in [3.63, 3.8) is 0 Å². The Morgan fingerprint density at radius 2 is 2.19 bits per heavy atom. The van der Waals surface area contributed by atoms with Gasteiger partial charge in [-0.3, -0.25) is 4.79 Å². The molecule has 1 atom stereocenters. The summed E-state index contributed by atoms with van der Waals surface area (Å²) in [6, 6.07) is 6.33. The van der Waals surface area contributed by atoms with Gasteiger partial charge in [0, 0.05) is 25.4 Å². The van der Waals surface area contributed by atoms with Crippen molar-refractivity contribution in [1.82, 2.24) is 5.32 Å². The fraction of sp³-hybridized carbons (Fsp3) is 0.500. The molecule has 116 valence electrons. The molecular formula is C14H17F3N2O2. The molecule has 2 N–H and O–H groups in total. The van der Waals surface area contributed by atoms with Crippen LogP contribution in [0.15, 0.2) is 24.3 Å². The Bertz CT molecular complexity index is 485. The Labute approximate surface area is 120 Å². The van der Waals surface area contributed by atoms with Crippen LogP contribution >= 0.6 is 0 Å². The van der Waals surface area contributed by atoms with Gasteiger partial charge < -0.3 is 15.4 Å². The van der Waals surface area contributed by atoms with Crippen molar-refractivity contribution in [2.75, 3.05) is 18.5 Å². The smallest absolute Gasteiger partial charge is 0.377 e. The van der Waals surface area contributed by atoms with Gasteiger partial charge in [-0.25, -0.2) is 0 Å². The fourth-order valence-corrected chi connectivity index (χ4v) is 2.14. The molecule has 0 spiro atoms. The molecule has 1 aromatic carbocycles. The van der Waals surface area contributed by atoms with Crippen LogP contribution < -0.4 is 10.6 Å². The zero-order valence-corrected chi connectivity index (χ0v) is 11.4. The molecule has 0 radical (unpaired) electrons. The predicted molar refractivity (Wildman–Crippen MR) is 71.8 cm³/mol. The zero-order valence-electron chi connectivity index (χ0n) is 11.4. The second-order valence-corrected chi connectivity index (χ2v) is 4.92. The zero-order chi connectivity index (χ0) is 15.3. The van der Waals surface area contributed by atoms with Crippen molar-refractivity contribution in [3.05, 3.63) is 29.8 Å². The Morgan fingerprint density at radius 3 is 2.86 bits per heavy atom. The topological polar surface area (TPSA) is 50.4 Å². The molecular weight excluding hydrogens is 285 g/mol. The molecule has 4 nitrogen and oxygen atoms in total. The van der Waals surface area contributed by atoms with Crippen LogP contribution in [0.4, 0.5) is 18.9 Å². The molecule has 1 heterocycles. The van der Waals surface area contributed by atoms with Gasteiger partial charge in [0.15, 0.2) is 0 Å². The van der Waals surface area contributed by atoms with E-state index in [0.29, 0.717) is 13.1 Å². The molecule has 7 heteroatoms. The van der Waals surface area contributed by atoms with E-state index in [1.165, 1.54) is 12.1 Å². The van der Waals surface area contributed by atoms with Gasteiger partial charge >= 0.3 is 12.1 Å². The van der Waals surface area contributed by atoms with Crippen molar-refractivity contribution in [2.45, 2.75) is 31.7 Å². The summed E-state index contributed by atoms with van der Waals surface area (Å²) in [5.41, 5.74) is 0.932. The summed E-state index contributed by atoms with van der Waals surface area (Å²) in [6.07, 6.45) is -2.59. The van der Waals surface area contributed by atoms with E-state index in [4.69, 9.17) is 4.74 Å². The first kappa shape index (κ1) is 15.8. The van der Waals surface area contributed by atoms with E-state index in [1.54, 1.807) is 12.1 Å². The van der Waals surface area contributed by atoms with Crippen molar-refractivity contribution in [3.8, 4) is 0 Å². The van der Waals surface area contributed by atoms with Crippen LogP contribution in [-0.4, -0.2) is 31.3 Å². The number of carbonyl (C=O) groups is 1. The summed E-state index contributed by atoms with van der Waals surface area (Å²) in [7, 11) is 0. The molecule has 0 bridgehead atoms. The molecule has 1 aliphatic heterocycles. The summed E-state index contributed by atoms with van der Waals surface area (Å²) in [4.78, 5) is 10.9. The van der Waals surface area contributed by atoms with Gasteiger partial charge in [0.2, 0.25) is 0 Å². The number of ether oxygens (including phenoxy) is 1. The van der Waals surface area contributed by atoms with Gasteiger partial charge in [-0.05, 0) is 30.5 Å². The minimum absolute atomic E-state index is 0.133. The van der Waals surface area contributed by atoms with Crippen LogP contribution in [0.3, 0.4) is 0 Å². The number of alkyl halides is 3. The van der Waals surface area contributed by atoms with Crippen molar-refractivity contribution < 1.29 is 22.7 Å². The maximum atomic E-state index is 12.2. The van der Waals surface area contributed by atoms with E-state index in [0.717, 1.165) is 25.0 Å². The van der Waals surface area contributed by atoms with Crippen LogP contribution in [0.2, 0.25) is 0 Å². The lowest BCUT2D eigenvalue weighted by atomic mass is 10.2. The summed E-state index contributed by atoms with van der Waals surface area (Å²) in [6.45, 7) is 2.00.